The highest BCUT2D eigenvalue weighted by molar-refractivity contribution is 5.76. The normalized spacial score (nSPS) is 52.1. The molecular formula is C68H117NO48. The topological polar surface area (TPSA) is 785 Å². The Balaban J connectivity index is 0.893. The second kappa shape index (κ2) is 41.4. The minimum atomic E-state index is -2.94. The van der Waals surface area contributed by atoms with Gasteiger partial charge in [-0.05, 0) is 6.92 Å². The highest BCUT2D eigenvalue weighted by Gasteiger charge is 2.62. The van der Waals surface area contributed by atoms with Crippen molar-refractivity contribution >= 4 is 5.97 Å². The SMILES string of the molecule is CC1C(O)[C@H](O[C@@H]2OC(CO[C@]3(C(=O)O)CC(O)[C@@H](N)C([C@@H](O)C(O)CO)O3)[C@H](O)[C@H](O)C2O)C(CO)O[C@H]1OC1[C@@H](OCC2O[C@@H](OC3C(CO)O[C@@H](OC4C(CO)O[C@@H](C)C(C)[C@H]4O)C(C)[C@H]3O)C(O)[C@@H](O[C@H]3O[C@H](CO)[C@@H](O)C(O)C3O[C@@H]3OC(CO)C(O[C@@H]4OC(CO)C(O)[C@H](O)C4O)[C@H](O)C3C)C2O)OC(CO)C(O)[C@@H]1O. The summed E-state index contributed by atoms with van der Waals surface area (Å²) < 4.78 is 114. The summed E-state index contributed by atoms with van der Waals surface area (Å²) in [4.78, 5) is 12.8. The number of aliphatic hydroxyl groups is 27. The number of aliphatic carboxylic acids is 1. The molecule has 10 heterocycles. The third-order valence-electron chi connectivity index (χ3n) is 23.7. The Morgan fingerprint density at radius 1 is 0.350 bits per heavy atom. The van der Waals surface area contributed by atoms with Crippen molar-refractivity contribution in [3.8, 4) is 0 Å². The second-order valence-electron chi connectivity index (χ2n) is 31.4. The lowest BCUT2D eigenvalue weighted by Crippen LogP contribution is -2.68. The number of ether oxygens (including phenoxy) is 19. The van der Waals surface area contributed by atoms with Crippen LogP contribution in [0.4, 0.5) is 0 Å². The number of carboxylic acids is 1. The summed E-state index contributed by atoms with van der Waals surface area (Å²) in [7, 11) is 0. The van der Waals surface area contributed by atoms with Crippen LogP contribution in [0.25, 0.3) is 0 Å². The molecule has 49 heteroatoms. The van der Waals surface area contributed by atoms with Gasteiger partial charge in [-0.2, -0.15) is 0 Å². The molecule has 10 aliphatic rings. The molecule has 0 saturated carbocycles. The average Bonchev–Trinajstić information content (AvgIpc) is 0.769. The van der Waals surface area contributed by atoms with Gasteiger partial charge >= 0.3 is 5.97 Å². The Kier molecular flexibility index (Phi) is 34.2. The van der Waals surface area contributed by atoms with Crippen LogP contribution in [0.15, 0.2) is 0 Å². The lowest BCUT2D eigenvalue weighted by atomic mass is 9.88. The molecular weight excluding hydrogens is 1600 g/mol. The summed E-state index contributed by atoms with van der Waals surface area (Å²) in [5.74, 6) is -9.43. The lowest BCUT2D eigenvalue weighted by Gasteiger charge is -2.51. The first-order valence-electron chi connectivity index (χ1n) is 38.5. The van der Waals surface area contributed by atoms with Gasteiger partial charge in [0.15, 0.2) is 50.3 Å². The van der Waals surface area contributed by atoms with Crippen molar-refractivity contribution in [3.63, 3.8) is 0 Å². The van der Waals surface area contributed by atoms with Gasteiger partial charge in [0.05, 0.1) is 109 Å². The number of carbonyl (C=O) groups is 1. The van der Waals surface area contributed by atoms with E-state index in [1.807, 2.05) is 0 Å². The minimum Gasteiger partial charge on any atom is -0.477 e. The van der Waals surface area contributed by atoms with Crippen LogP contribution in [-0.4, -0.2) is 503 Å². The van der Waals surface area contributed by atoms with E-state index in [0.29, 0.717) is 0 Å². The van der Waals surface area contributed by atoms with Crippen molar-refractivity contribution in [2.24, 2.45) is 29.4 Å². The standard InChI is InChI=1S/C68H117NO48/c1-17-21(5)101-27(11-74)51(34(17)80)110-59-18(2)35(81)54(30(14-77)105-59)113-64-50(96)56(114-66-58(47(93)41(87)26(10-73)104-66)116-61-20(4)37(83)52(28(12-75)107-61)111-62-48(94)44(90)39(85)24(8-71)102-62)43(89)31(108-64)15-99-65-57(46(92)40(86)25(9-72)103-65)115-60-19(3)36(82)53(29(13-76)106-60)112-63-49(95)45(91)42(88)32(109-63)16-100-68(67(97)98)6-22(78)33(69)55(117-68)38(84)23(79)7-70/h17-66,70-96H,6-16,69H2,1-5H3,(H,97,98)/t17?,18?,19?,20?,21-,22?,23?,24?,25?,26+,27?,28?,29?,30?,31?,32?,33+,34+,35+,36?,37+,38-,39?,40?,41+,42-,43?,44-,45-,46-,47?,48?,49?,50?,51?,52?,53+,54?,55?,56-,57?,58?,59-,60-,61-,62-,63-,64-,65-,66+,68+/m0/s1. The Morgan fingerprint density at radius 2 is 0.675 bits per heavy atom. The van der Waals surface area contributed by atoms with Crippen LogP contribution >= 0.6 is 0 Å². The molecule has 10 fully saturated rings. The highest BCUT2D eigenvalue weighted by Crippen LogP contribution is 2.43. The number of hydrogen-bond donors (Lipinski definition) is 29. The molecule has 117 heavy (non-hydrogen) atoms. The van der Waals surface area contributed by atoms with Crippen molar-refractivity contribution in [2.45, 2.75) is 329 Å². The van der Waals surface area contributed by atoms with Crippen LogP contribution in [0.3, 0.4) is 0 Å². The molecule has 28 unspecified atom stereocenters. The number of aliphatic hydroxyl groups excluding tert-OH is 27. The van der Waals surface area contributed by atoms with Crippen molar-refractivity contribution < 1.29 is 238 Å². The van der Waals surface area contributed by atoms with Gasteiger partial charge in [-0.1, -0.05) is 27.7 Å². The molecule has 682 valence electrons. The van der Waals surface area contributed by atoms with E-state index in [2.05, 4.69) is 0 Å². The zero-order valence-corrected chi connectivity index (χ0v) is 63.9. The summed E-state index contributed by atoms with van der Waals surface area (Å²) in [6.45, 7) is -2.70. The maximum absolute atomic E-state index is 12.8. The van der Waals surface area contributed by atoms with Crippen LogP contribution in [0, 0.1) is 23.7 Å². The smallest absolute Gasteiger partial charge is 0.364 e. The first-order valence-corrected chi connectivity index (χ1v) is 38.5. The number of nitrogens with two attached hydrogens (primary N) is 1. The third-order valence-corrected chi connectivity index (χ3v) is 23.7. The summed E-state index contributed by atoms with van der Waals surface area (Å²) >= 11 is 0. The summed E-state index contributed by atoms with van der Waals surface area (Å²) in [6.07, 6.45) is -85.6. The Bertz CT molecular complexity index is 3020. The average molecular weight is 1720 g/mol. The van der Waals surface area contributed by atoms with Gasteiger partial charge in [-0.3, -0.25) is 0 Å². The van der Waals surface area contributed by atoms with Gasteiger partial charge in [-0.25, -0.2) is 4.79 Å². The minimum absolute atomic E-state index is 0.552. The zero-order chi connectivity index (χ0) is 86.2. The fourth-order valence-electron chi connectivity index (χ4n) is 15.9. The first kappa shape index (κ1) is 96.8. The molecule has 0 spiro atoms. The molecule has 0 aromatic heterocycles. The first-order chi connectivity index (χ1) is 55.3. The van der Waals surface area contributed by atoms with E-state index in [4.69, 9.17) is 95.7 Å². The number of rotatable bonds is 31. The maximum atomic E-state index is 12.8. The van der Waals surface area contributed by atoms with Gasteiger partial charge in [0.25, 0.3) is 5.79 Å². The van der Waals surface area contributed by atoms with Crippen LogP contribution in [0.2, 0.25) is 0 Å². The predicted octanol–water partition coefficient (Wildman–Crippen LogP) is -17.5. The van der Waals surface area contributed by atoms with Crippen LogP contribution in [0.1, 0.15) is 41.0 Å². The van der Waals surface area contributed by atoms with Gasteiger partial charge in [0, 0.05) is 30.1 Å². The van der Waals surface area contributed by atoms with E-state index in [9.17, 15) is 148 Å². The molecule has 10 rings (SSSR count). The van der Waals surface area contributed by atoms with Crippen LogP contribution in [0.5, 0.6) is 0 Å². The molecule has 30 N–H and O–H groups in total. The molecule has 10 aliphatic heterocycles. The molecule has 0 amide bonds. The molecule has 51 atom stereocenters. The summed E-state index contributed by atoms with van der Waals surface area (Å²) in [6, 6.07) is -1.56. The van der Waals surface area contributed by atoms with E-state index in [1.54, 1.807) is 13.8 Å². The van der Waals surface area contributed by atoms with Crippen molar-refractivity contribution in [2.75, 3.05) is 66.1 Å². The van der Waals surface area contributed by atoms with E-state index in [0.717, 1.165) is 0 Å². The zero-order valence-electron chi connectivity index (χ0n) is 63.9. The fraction of sp³-hybridized carbons (Fsp3) is 0.985. The van der Waals surface area contributed by atoms with Crippen molar-refractivity contribution in [3.05, 3.63) is 0 Å². The number of hydrogen-bond acceptors (Lipinski definition) is 48. The monoisotopic (exact) mass is 1720 g/mol. The van der Waals surface area contributed by atoms with Crippen LogP contribution < -0.4 is 5.73 Å². The maximum Gasteiger partial charge on any atom is 0.364 e. The van der Waals surface area contributed by atoms with Gasteiger partial charge in [0.1, 0.15) is 189 Å². The van der Waals surface area contributed by atoms with E-state index < -0.39 is 390 Å². The molecule has 0 aliphatic carbocycles. The van der Waals surface area contributed by atoms with E-state index in [-0.39, 0.29) is 0 Å². The molecule has 49 nitrogen and oxygen atoms in total. The fourth-order valence-corrected chi connectivity index (χ4v) is 15.9. The third kappa shape index (κ3) is 20.2. The molecule has 10 saturated heterocycles. The van der Waals surface area contributed by atoms with Gasteiger partial charge in [-0.15, -0.1) is 0 Å². The Labute approximate surface area is 666 Å². The van der Waals surface area contributed by atoms with Gasteiger partial charge < -0.3 is 239 Å². The second-order valence-corrected chi connectivity index (χ2v) is 31.4. The lowest BCUT2D eigenvalue weighted by molar-refractivity contribution is -0.402. The van der Waals surface area contributed by atoms with E-state index >= 15 is 0 Å². The molecule has 0 aromatic rings. The van der Waals surface area contributed by atoms with Crippen molar-refractivity contribution in [1.29, 1.82) is 0 Å². The predicted molar refractivity (Wildman–Crippen MR) is 365 cm³/mol. The largest absolute Gasteiger partial charge is 0.477 e. The van der Waals surface area contributed by atoms with Gasteiger partial charge in [0.2, 0.25) is 0 Å². The van der Waals surface area contributed by atoms with Crippen LogP contribution in [-0.2, 0) is 94.8 Å². The number of carboxylic acid groups (broad SMARTS) is 1. The molecule has 0 bridgehead atoms. The Morgan fingerprint density at radius 3 is 1.09 bits per heavy atom. The van der Waals surface area contributed by atoms with Crippen molar-refractivity contribution in [1.82, 2.24) is 0 Å². The quantitative estimate of drug-likeness (QED) is 0.0306. The molecule has 0 aromatic carbocycles. The van der Waals surface area contributed by atoms with E-state index in [1.165, 1.54) is 20.8 Å². The molecule has 0 radical (unpaired) electrons. The summed E-state index contributed by atoms with van der Waals surface area (Å²) in [5.41, 5.74) is 5.96. The Hall–Kier alpha value is -2.41. The summed E-state index contributed by atoms with van der Waals surface area (Å²) in [5, 5.41) is 309. The highest BCUT2D eigenvalue weighted by atomic mass is 16.8.